The normalized spacial score (nSPS) is 17.1. The number of rotatable bonds is 7. The van der Waals surface area contributed by atoms with E-state index < -0.39 is 0 Å². The highest BCUT2D eigenvalue weighted by molar-refractivity contribution is 5.79. The minimum absolute atomic E-state index is 0.0787. The van der Waals surface area contributed by atoms with Crippen LogP contribution >= 0.6 is 0 Å². The lowest BCUT2D eigenvalue weighted by Crippen LogP contribution is -2.43. The Morgan fingerprint density at radius 3 is 2.81 bits per heavy atom. The molecule has 138 valence electrons. The molecule has 0 radical (unpaired) electrons. The summed E-state index contributed by atoms with van der Waals surface area (Å²) in [6.45, 7) is 4.56. The third-order valence-corrected chi connectivity index (χ3v) is 4.51. The van der Waals surface area contributed by atoms with Gasteiger partial charge in [-0.25, -0.2) is 0 Å². The second-order valence-electron chi connectivity index (χ2n) is 6.49. The number of carbonyl (C=O) groups excluding carboxylic acids is 1. The summed E-state index contributed by atoms with van der Waals surface area (Å²) in [5.74, 6) is 0.991. The molecule has 0 unspecified atom stereocenters. The quantitative estimate of drug-likeness (QED) is 0.766. The van der Waals surface area contributed by atoms with Crippen LogP contribution in [0.25, 0.3) is 0 Å². The summed E-state index contributed by atoms with van der Waals surface area (Å²) in [6.07, 6.45) is 4.22. The molecular formula is C21H26N2O3. The van der Waals surface area contributed by atoms with E-state index in [0.29, 0.717) is 26.2 Å². The lowest BCUT2D eigenvalue weighted by atomic mass is 10.1. The largest absolute Gasteiger partial charge is 0.494 e. The number of aromatic nitrogens is 1. The molecule has 0 bridgehead atoms. The van der Waals surface area contributed by atoms with Gasteiger partial charge in [-0.2, -0.15) is 0 Å². The van der Waals surface area contributed by atoms with E-state index >= 15 is 0 Å². The van der Waals surface area contributed by atoms with Crippen LogP contribution in [-0.2, 0) is 22.6 Å². The van der Waals surface area contributed by atoms with Crippen LogP contribution in [0.3, 0.4) is 0 Å². The van der Waals surface area contributed by atoms with Crippen LogP contribution < -0.4 is 4.74 Å². The van der Waals surface area contributed by atoms with Crippen molar-refractivity contribution in [3.63, 3.8) is 0 Å². The van der Waals surface area contributed by atoms with Crippen molar-refractivity contribution in [1.29, 1.82) is 0 Å². The minimum Gasteiger partial charge on any atom is -0.494 e. The molecule has 1 saturated heterocycles. The molecule has 5 nitrogen and oxygen atoms in total. The molecule has 26 heavy (non-hydrogen) atoms. The van der Waals surface area contributed by atoms with Crippen molar-refractivity contribution < 1.29 is 14.3 Å². The fourth-order valence-electron chi connectivity index (χ4n) is 3.14. The average molecular weight is 354 g/mol. The molecule has 0 spiro atoms. The van der Waals surface area contributed by atoms with Gasteiger partial charge in [0.05, 0.1) is 31.4 Å². The maximum absolute atomic E-state index is 12.6. The molecule has 3 rings (SSSR count). The maximum Gasteiger partial charge on any atom is 0.227 e. The zero-order chi connectivity index (χ0) is 18.2. The zero-order valence-corrected chi connectivity index (χ0v) is 15.3. The van der Waals surface area contributed by atoms with E-state index in [4.69, 9.17) is 9.47 Å². The minimum atomic E-state index is 0.0787. The van der Waals surface area contributed by atoms with Gasteiger partial charge in [0.25, 0.3) is 0 Å². The number of amides is 1. The van der Waals surface area contributed by atoms with Crippen molar-refractivity contribution in [3.05, 3.63) is 59.9 Å². The van der Waals surface area contributed by atoms with Crippen LogP contribution in [0.5, 0.6) is 5.75 Å². The Bertz CT molecular complexity index is 688. The van der Waals surface area contributed by atoms with E-state index in [1.807, 2.05) is 54.3 Å². The molecule has 0 N–H and O–H groups in total. The van der Waals surface area contributed by atoms with E-state index in [-0.39, 0.29) is 12.0 Å². The number of benzene rings is 1. The molecule has 0 aliphatic carbocycles. The van der Waals surface area contributed by atoms with Gasteiger partial charge in [-0.3, -0.25) is 9.78 Å². The van der Waals surface area contributed by atoms with Gasteiger partial charge in [0.2, 0.25) is 5.91 Å². The second kappa shape index (κ2) is 9.34. The Morgan fingerprint density at radius 2 is 2.08 bits per heavy atom. The molecule has 5 heteroatoms. The van der Waals surface area contributed by atoms with Gasteiger partial charge in [-0.1, -0.05) is 18.2 Å². The van der Waals surface area contributed by atoms with Crippen LogP contribution in [0.4, 0.5) is 0 Å². The predicted molar refractivity (Wildman–Crippen MR) is 99.9 cm³/mol. The monoisotopic (exact) mass is 354 g/mol. The zero-order valence-electron chi connectivity index (χ0n) is 15.3. The molecule has 0 saturated carbocycles. The first kappa shape index (κ1) is 18.4. The third-order valence-electron chi connectivity index (χ3n) is 4.51. The van der Waals surface area contributed by atoms with Gasteiger partial charge in [0, 0.05) is 19.3 Å². The SMILES string of the molecule is CCOc1ccc(CC(=O)N2CCC[C@H](OCc3ccccn3)C2)cc1. The highest BCUT2D eigenvalue weighted by Crippen LogP contribution is 2.17. The average Bonchev–Trinajstić information content (AvgIpc) is 2.69. The molecule has 2 heterocycles. The van der Waals surface area contributed by atoms with E-state index in [1.165, 1.54) is 0 Å². The number of likely N-dealkylation sites (tertiary alicyclic amines) is 1. The molecule has 1 fully saturated rings. The van der Waals surface area contributed by atoms with Gasteiger partial charge in [0.15, 0.2) is 0 Å². The number of piperidine rings is 1. The van der Waals surface area contributed by atoms with Crippen molar-refractivity contribution in [2.75, 3.05) is 19.7 Å². The second-order valence-corrected chi connectivity index (χ2v) is 6.49. The topological polar surface area (TPSA) is 51.7 Å². The van der Waals surface area contributed by atoms with Crippen LogP contribution in [-0.4, -0.2) is 41.6 Å². The Hall–Kier alpha value is -2.40. The molecule has 1 aliphatic rings. The fourth-order valence-corrected chi connectivity index (χ4v) is 3.14. The first-order valence-corrected chi connectivity index (χ1v) is 9.25. The third kappa shape index (κ3) is 5.30. The van der Waals surface area contributed by atoms with Crippen molar-refractivity contribution in [2.24, 2.45) is 0 Å². The molecule has 1 aromatic heterocycles. The first-order valence-electron chi connectivity index (χ1n) is 9.25. The Kier molecular flexibility index (Phi) is 6.61. The lowest BCUT2D eigenvalue weighted by molar-refractivity contribution is -0.134. The fraction of sp³-hybridized carbons (Fsp3) is 0.429. The van der Waals surface area contributed by atoms with Gasteiger partial charge >= 0.3 is 0 Å². The Balaban J connectivity index is 1.49. The van der Waals surface area contributed by atoms with Gasteiger partial charge < -0.3 is 14.4 Å². The Labute approximate surface area is 155 Å². The first-order chi connectivity index (χ1) is 12.7. The van der Waals surface area contributed by atoms with Crippen molar-refractivity contribution in [1.82, 2.24) is 9.88 Å². The smallest absolute Gasteiger partial charge is 0.227 e. The standard InChI is InChI=1S/C21H26N2O3/c1-2-25-19-10-8-17(9-11-19)14-21(24)23-13-5-7-20(15-23)26-16-18-6-3-4-12-22-18/h3-4,6,8-12,20H,2,5,7,13-16H2,1H3/t20-/m0/s1. The summed E-state index contributed by atoms with van der Waals surface area (Å²) in [6, 6.07) is 13.6. The number of hydrogen-bond acceptors (Lipinski definition) is 4. The number of ether oxygens (including phenoxy) is 2. The van der Waals surface area contributed by atoms with Gasteiger partial charge in [0.1, 0.15) is 5.75 Å². The highest BCUT2D eigenvalue weighted by atomic mass is 16.5. The van der Waals surface area contributed by atoms with Crippen LogP contribution in [0.1, 0.15) is 31.0 Å². The summed E-state index contributed by atoms with van der Waals surface area (Å²) < 4.78 is 11.4. The highest BCUT2D eigenvalue weighted by Gasteiger charge is 2.24. The van der Waals surface area contributed by atoms with Gasteiger partial charge in [-0.05, 0) is 49.6 Å². The number of nitrogens with zero attached hydrogens (tertiary/aromatic N) is 2. The molecule has 1 atom stereocenters. The maximum atomic E-state index is 12.6. The van der Waals surface area contributed by atoms with Crippen molar-refractivity contribution >= 4 is 5.91 Å². The summed E-state index contributed by atoms with van der Waals surface area (Å²) >= 11 is 0. The molecule has 1 aliphatic heterocycles. The number of hydrogen-bond donors (Lipinski definition) is 0. The van der Waals surface area contributed by atoms with Crippen LogP contribution in [0.2, 0.25) is 0 Å². The van der Waals surface area contributed by atoms with E-state index in [1.54, 1.807) is 6.20 Å². The van der Waals surface area contributed by atoms with E-state index in [0.717, 1.165) is 36.4 Å². The van der Waals surface area contributed by atoms with Crippen molar-refractivity contribution in [2.45, 2.75) is 38.9 Å². The summed E-state index contributed by atoms with van der Waals surface area (Å²) in [5, 5.41) is 0. The number of pyridine rings is 1. The van der Waals surface area contributed by atoms with Crippen LogP contribution in [0.15, 0.2) is 48.7 Å². The summed E-state index contributed by atoms with van der Waals surface area (Å²) in [4.78, 5) is 18.8. The Morgan fingerprint density at radius 1 is 1.23 bits per heavy atom. The summed E-state index contributed by atoms with van der Waals surface area (Å²) in [7, 11) is 0. The molecule has 1 aromatic carbocycles. The molecule has 2 aromatic rings. The van der Waals surface area contributed by atoms with Crippen LogP contribution in [0, 0.1) is 0 Å². The number of carbonyl (C=O) groups is 1. The van der Waals surface area contributed by atoms with Crippen molar-refractivity contribution in [3.8, 4) is 5.75 Å². The summed E-state index contributed by atoms with van der Waals surface area (Å²) in [5.41, 5.74) is 1.93. The predicted octanol–water partition coefficient (Wildman–Crippen LogP) is 3.23. The molecule has 1 amide bonds. The van der Waals surface area contributed by atoms with E-state index in [9.17, 15) is 4.79 Å². The van der Waals surface area contributed by atoms with Gasteiger partial charge in [-0.15, -0.1) is 0 Å². The molecular weight excluding hydrogens is 328 g/mol. The van der Waals surface area contributed by atoms with E-state index in [2.05, 4.69) is 4.98 Å². The lowest BCUT2D eigenvalue weighted by Gasteiger charge is -2.32.